The van der Waals surface area contributed by atoms with Gasteiger partial charge in [-0.3, -0.25) is 4.79 Å². The summed E-state index contributed by atoms with van der Waals surface area (Å²) in [5.74, 6) is 0.239. The lowest BCUT2D eigenvalue weighted by atomic mass is 10.2. The van der Waals surface area contributed by atoms with E-state index in [1.807, 2.05) is 18.2 Å². The maximum absolute atomic E-state index is 12.1. The van der Waals surface area contributed by atoms with Crippen molar-refractivity contribution < 1.29 is 9.53 Å². The third kappa shape index (κ3) is 6.43. The van der Waals surface area contributed by atoms with E-state index in [9.17, 15) is 4.79 Å². The van der Waals surface area contributed by atoms with Crippen molar-refractivity contribution in [2.45, 2.75) is 6.54 Å². The summed E-state index contributed by atoms with van der Waals surface area (Å²) in [5, 5.41) is 7.76. The van der Waals surface area contributed by atoms with Crippen LogP contribution in [0.25, 0.3) is 0 Å². The van der Waals surface area contributed by atoms with Gasteiger partial charge in [-0.15, -0.1) is 0 Å². The second kappa shape index (κ2) is 10.6. The second-order valence-electron chi connectivity index (χ2n) is 6.21. The van der Waals surface area contributed by atoms with Crippen molar-refractivity contribution in [2.75, 3.05) is 17.2 Å². The Morgan fingerprint density at radius 3 is 2.10 bits per heavy atom. The number of hydrogen-bond acceptors (Lipinski definition) is 3. The Balaban J connectivity index is 1.53. The summed E-state index contributed by atoms with van der Waals surface area (Å²) >= 11 is 27.2. The number of amides is 1. The van der Waals surface area contributed by atoms with Gasteiger partial charge in [0.2, 0.25) is 0 Å². The largest absolute Gasteiger partial charge is 0.483 e. The van der Waals surface area contributed by atoms with Gasteiger partial charge in [0.05, 0.1) is 24.6 Å². The van der Waals surface area contributed by atoms with Gasteiger partial charge >= 0.3 is 0 Å². The first-order chi connectivity index (χ1) is 14.3. The smallest absolute Gasteiger partial charge is 0.262 e. The lowest BCUT2D eigenvalue weighted by Crippen LogP contribution is -2.20. The Kier molecular flexibility index (Phi) is 8.14. The molecular formula is C21H15BrCl4N2O2. The fourth-order valence-corrected chi connectivity index (χ4v) is 3.63. The van der Waals surface area contributed by atoms with Gasteiger partial charge in [-0.2, -0.15) is 0 Å². The van der Waals surface area contributed by atoms with E-state index in [1.165, 1.54) is 0 Å². The predicted octanol–water partition coefficient (Wildman–Crippen LogP) is 7.69. The molecule has 3 aromatic rings. The molecule has 0 bridgehead atoms. The van der Waals surface area contributed by atoms with Crippen molar-refractivity contribution in [1.82, 2.24) is 0 Å². The third-order valence-corrected chi connectivity index (χ3v) is 6.07. The maximum atomic E-state index is 12.1. The third-order valence-electron chi connectivity index (χ3n) is 3.97. The molecule has 0 atom stereocenters. The Morgan fingerprint density at radius 1 is 0.833 bits per heavy atom. The van der Waals surface area contributed by atoms with E-state index in [2.05, 4.69) is 26.6 Å². The number of rotatable bonds is 7. The molecule has 0 saturated heterocycles. The van der Waals surface area contributed by atoms with Crippen LogP contribution in [0.2, 0.25) is 20.1 Å². The first-order valence-corrected chi connectivity index (χ1v) is 11.0. The SMILES string of the molecule is O=C(COc1ccc(CNc2ccc(Cl)c(Cl)c2)cc1Br)Nc1ccc(Cl)c(Cl)c1. The van der Waals surface area contributed by atoms with Gasteiger partial charge in [0.15, 0.2) is 6.61 Å². The molecule has 1 amide bonds. The van der Waals surface area contributed by atoms with Crippen LogP contribution in [0.1, 0.15) is 5.56 Å². The van der Waals surface area contributed by atoms with Crippen molar-refractivity contribution in [3.05, 3.63) is 84.7 Å². The molecular weight excluding hydrogens is 534 g/mol. The molecule has 0 radical (unpaired) electrons. The van der Waals surface area contributed by atoms with Gasteiger partial charge in [-0.25, -0.2) is 0 Å². The van der Waals surface area contributed by atoms with Gasteiger partial charge in [0.1, 0.15) is 5.75 Å². The van der Waals surface area contributed by atoms with E-state index >= 15 is 0 Å². The molecule has 3 aromatic carbocycles. The summed E-state index contributed by atoms with van der Waals surface area (Å²) in [7, 11) is 0. The Bertz CT molecular complexity index is 1080. The zero-order valence-corrected chi connectivity index (χ0v) is 19.9. The number of carbonyl (C=O) groups excluding carboxylic acids is 1. The van der Waals surface area contributed by atoms with Crippen LogP contribution in [-0.4, -0.2) is 12.5 Å². The zero-order valence-electron chi connectivity index (χ0n) is 15.3. The highest BCUT2D eigenvalue weighted by Gasteiger charge is 2.09. The van der Waals surface area contributed by atoms with Crippen LogP contribution in [-0.2, 0) is 11.3 Å². The first-order valence-electron chi connectivity index (χ1n) is 8.67. The van der Waals surface area contributed by atoms with E-state index in [-0.39, 0.29) is 12.5 Å². The van der Waals surface area contributed by atoms with Crippen LogP contribution < -0.4 is 15.4 Å². The van der Waals surface area contributed by atoms with Gasteiger partial charge in [-0.05, 0) is 70.0 Å². The summed E-state index contributed by atoms with van der Waals surface area (Å²) in [6.45, 7) is 0.425. The molecule has 30 heavy (non-hydrogen) atoms. The zero-order chi connectivity index (χ0) is 21.7. The molecule has 0 heterocycles. The maximum Gasteiger partial charge on any atom is 0.262 e. The quantitative estimate of drug-likeness (QED) is 0.318. The van der Waals surface area contributed by atoms with Gasteiger partial charge in [-0.1, -0.05) is 52.5 Å². The highest BCUT2D eigenvalue weighted by Crippen LogP contribution is 2.28. The van der Waals surface area contributed by atoms with Gasteiger partial charge in [0.25, 0.3) is 5.91 Å². The van der Waals surface area contributed by atoms with E-state index in [0.29, 0.717) is 38.1 Å². The van der Waals surface area contributed by atoms with Gasteiger partial charge in [0, 0.05) is 17.9 Å². The second-order valence-corrected chi connectivity index (χ2v) is 8.70. The lowest BCUT2D eigenvalue weighted by molar-refractivity contribution is -0.118. The van der Waals surface area contributed by atoms with E-state index < -0.39 is 0 Å². The highest BCUT2D eigenvalue weighted by atomic mass is 79.9. The lowest BCUT2D eigenvalue weighted by Gasteiger charge is -2.12. The molecule has 3 rings (SSSR count). The van der Waals surface area contributed by atoms with E-state index in [4.69, 9.17) is 51.1 Å². The Morgan fingerprint density at radius 2 is 1.47 bits per heavy atom. The van der Waals surface area contributed by atoms with Crippen LogP contribution in [0.15, 0.2) is 59.1 Å². The average molecular weight is 549 g/mol. The van der Waals surface area contributed by atoms with Crippen molar-refractivity contribution in [3.8, 4) is 5.75 Å². The number of anilines is 2. The highest BCUT2D eigenvalue weighted by molar-refractivity contribution is 9.10. The fraction of sp³-hybridized carbons (Fsp3) is 0.0952. The summed E-state index contributed by atoms with van der Waals surface area (Å²) in [6.07, 6.45) is 0. The summed E-state index contributed by atoms with van der Waals surface area (Å²) < 4.78 is 6.34. The summed E-state index contributed by atoms with van der Waals surface area (Å²) in [4.78, 5) is 12.1. The summed E-state index contributed by atoms with van der Waals surface area (Å²) in [5.41, 5.74) is 2.42. The molecule has 9 heteroatoms. The molecule has 0 saturated carbocycles. The standard InChI is InChI=1S/C21H15BrCl4N2O2/c22-15-7-12(10-27-13-2-4-16(23)18(25)8-13)1-6-20(15)30-11-21(29)28-14-3-5-17(24)19(26)9-14/h1-9,27H,10-11H2,(H,28,29). The van der Waals surface area contributed by atoms with Crippen LogP contribution in [0.5, 0.6) is 5.75 Å². The molecule has 0 aliphatic carbocycles. The Labute approximate surface area is 202 Å². The molecule has 4 nitrogen and oxygen atoms in total. The number of ether oxygens (including phenoxy) is 1. The minimum absolute atomic E-state index is 0.153. The fourth-order valence-electron chi connectivity index (χ4n) is 2.50. The monoisotopic (exact) mass is 546 g/mol. The average Bonchev–Trinajstić information content (AvgIpc) is 2.71. The van der Waals surface area contributed by atoms with Crippen LogP contribution >= 0.6 is 62.3 Å². The van der Waals surface area contributed by atoms with Crippen molar-refractivity contribution >= 4 is 79.6 Å². The molecule has 2 N–H and O–H groups in total. The number of halogens is 5. The first kappa shape index (κ1) is 23.0. The normalized spacial score (nSPS) is 10.6. The molecule has 0 aliphatic rings. The number of carbonyl (C=O) groups is 1. The topological polar surface area (TPSA) is 50.4 Å². The number of benzene rings is 3. The minimum atomic E-state index is -0.314. The summed E-state index contributed by atoms with van der Waals surface area (Å²) in [6, 6.07) is 15.8. The molecule has 0 fully saturated rings. The number of nitrogens with one attached hydrogen (secondary N) is 2. The van der Waals surface area contributed by atoms with Crippen LogP contribution in [0.3, 0.4) is 0 Å². The minimum Gasteiger partial charge on any atom is -0.483 e. The Hall–Kier alpha value is -1.63. The van der Waals surface area contributed by atoms with E-state index in [0.717, 1.165) is 15.7 Å². The van der Waals surface area contributed by atoms with Crippen LogP contribution in [0, 0.1) is 0 Å². The van der Waals surface area contributed by atoms with Crippen molar-refractivity contribution in [2.24, 2.45) is 0 Å². The molecule has 156 valence electrons. The number of hydrogen-bond donors (Lipinski definition) is 2. The molecule has 0 spiro atoms. The molecule has 0 aromatic heterocycles. The molecule has 0 aliphatic heterocycles. The van der Waals surface area contributed by atoms with E-state index in [1.54, 1.807) is 36.4 Å². The van der Waals surface area contributed by atoms with Crippen molar-refractivity contribution in [1.29, 1.82) is 0 Å². The van der Waals surface area contributed by atoms with Gasteiger partial charge < -0.3 is 15.4 Å². The predicted molar refractivity (Wildman–Crippen MR) is 129 cm³/mol. The van der Waals surface area contributed by atoms with Crippen LogP contribution in [0.4, 0.5) is 11.4 Å². The molecule has 0 unspecified atom stereocenters. The van der Waals surface area contributed by atoms with Crippen molar-refractivity contribution in [3.63, 3.8) is 0 Å².